The number of benzene rings is 2. The van der Waals surface area contributed by atoms with Crippen LogP contribution in [-0.2, 0) is 12.0 Å². The lowest BCUT2D eigenvalue weighted by Gasteiger charge is -2.25. The highest BCUT2D eigenvalue weighted by molar-refractivity contribution is 9.10. The molecule has 0 bridgehead atoms. The molecule has 3 rings (SSSR count). The van der Waals surface area contributed by atoms with Gasteiger partial charge in [0.05, 0.1) is 0 Å². The van der Waals surface area contributed by atoms with Crippen molar-refractivity contribution in [3.05, 3.63) is 69.2 Å². The summed E-state index contributed by atoms with van der Waals surface area (Å²) in [4.78, 5) is 0. The molecule has 0 aliphatic heterocycles. The molecule has 0 heterocycles. The van der Waals surface area contributed by atoms with Crippen LogP contribution in [0.15, 0.2) is 40.9 Å². The zero-order chi connectivity index (χ0) is 13.6. The highest BCUT2D eigenvalue weighted by Gasteiger charge is 2.40. The van der Waals surface area contributed by atoms with Crippen molar-refractivity contribution in [3.8, 4) is 0 Å². The molecule has 2 aromatic carbocycles. The molecule has 1 unspecified atom stereocenters. The Labute approximate surface area is 118 Å². The lowest BCUT2D eigenvalue weighted by molar-refractivity contribution is 0.0788. The third-order valence-electron chi connectivity index (χ3n) is 3.64. The topological polar surface area (TPSA) is 20.2 Å². The number of hydrogen-bond donors (Lipinski definition) is 1. The summed E-state index contributed by atoms with van der Waals surface area (Å²) in [6.45, 7) is 0. The molecule has 1 aliphatic carbocycles. The first-order valence-electron chi connectivity index (χ1n) is 5.97. The van der Waals surface area contributed by atoms with Crippen LogP contribution in [0.4, 0.5) is 8.78 Å². The molecule has 0 aromatic heterocycles. The fourth-order valence-electron chi connectivity index (χ4n) is 2.72. The average molecular weight is 325 g/mol. The molecule has 0 amide bonds. The third kappa shape index (κ3) is 1.99. The van der Waals surface area contributed by atoms with E-state index in [-0.39, 0.29) is 11.4 Å². The van der Waals surface area contributed by atoms with E-state index in [0.29, 0.717) is 22.9 Å². The summed E-state index contributed by atoms with van der Waals surface area (Å²) in [6, 6.07) is 8.72. The summed E-state index contributed by atoms with van der Waals surface area (Å²) in [5.41, 5.74) is 0.177. The first-order chi connectivity index (χ1) is 9.00. The summed E-state index contributed by atoms with van der Waals surface area (Å²) < 4.78 is 27.9. The number of rotatable bonds is 1. The van der Waals surface area contributed by atoms with Crippen molar-refractivity contribution in [1.29, 1.82) is 0 Å². The average Bonchev–Trinajstić information content (AvgIpc) is 2.70. The smallest absolute Gasteiger partial charge is 0.129 e. The van der Waals surface area contributed by atoms with Gasteiger partial charge < -0.3 is 5.11 Å². The molecule has 2 aromatic rings. The molecule has 19 heavy (non-hydrogen) atoms. The molecule has 0 fully saturated rings. The number of aryl methyl sites for hydroxylation is 1. The second kappa shape index (κ2) is 4.39. The Bertz CT molecular complexity index is 657. The number of hydrogen-bond acceptors (Lipinski definition) is 1. The van der Waals surface area contributed by atoms with Gasteiger partial charge in [-0.25, -0.2) is 8.78 Å². The van der Waals surface area contributed by atoms with E-state index in [0.717, 1.165) is 5.56 Å². The Kier molecular flexibility index (Phi) is 2.95. The van der Waals surface area contributed by atoms with E-state index in [4.69, 9.17) is 0 Å². The Hall–Kier alpha value is -1.26. The van der Waals surface area contributed by atoms with E-state index in [1.807, 2.05) is 0 Å². The summed E-state index contributed by atoms with van der Waals surface area (Å²) in [7, 11) is 0. The van der Waals surface area contributed by atoms with Gasteiger partial charge in [0, 0.05) is 10.0 Å². The van der Waals surface area contributed by atoms with Crippen molar-refractivity contribution < 1.29 is 13.9 Å². The van der Waals surface area contributed by atoms with Crippen molar-refractivity contribution >= 4 is 15.9 Å². The van der Waals surface area contributed by atoms with Crippen LogP contribution in [0.2, 0.25) is 0 Å². The molecule has 0 spiro atoms. The molecule has 1 N–H and O–H groups in total. The van der Waals surface area contributed by atoms with Gasteiger partial charge in [-0.1, -0.05) is 22.0 Å². The summed E-state index contributed by atoms with van der Waals surface area (Å²) >= 11 is 3.28. The van der Waals surface area contributed by atoms with E-state index in [9.17, 15) is 13.9 Å². The van der Waals surface area contributed by atoms with Crippen molar-refractivity contribution in [2.24, 2.45) is 0 Å². The molecule has 1 nitrogen and oxygen atoms in total. The minimum absolute atomic E-state index is 0.229. The van der Waals surface area contributed by atoms with Gasteiger partial charge in [0.2, 0.25) is 0 Å². The molecular weight excluding hydrogens is 314 g/mol. The van der Waals surface area contributed by atoms with Gasteiger partial charge in [0.15, 0.2) is 0 Å². The zero-order valence-electron chi connectivity index (χ0n) is 9.96. The van der Waals surface area contributed by atoms with Crippen LogP contribution >= 0.6 is 15.9 Å². The van der Waals surface area contributed by atoms with Crippen molar-refractivity contribution in [2.75, 3.05) is 0 Å². The predicted molar refractivity (Wildman–Crippen MR) is 71.8 cm³/mol. The minimum Gasteiger partial charge on any atom is -0.380 e. The number of fused-ring (bicyclic) bond motifs is 1. The molecule has 1 aliphatic rings. The SMILES string of the molecule is OC1(c2cc(Br)ccc2F)CCc2cc(F)ccc21. The van der Waals surface area contributed by atoms with E-state index < -0.39 is 11.4 Å². The quantitative estimate of drug-likeness (QED) is 0.843. The van der Waals surface area contributed by atoms with E-state index >= 15 is 0 Å². The highest BCUT2D eigenvalue weighted by atomic mass is 79.9. The number of halogens is 3. The fourth-order valence-corrected chi connectivity index (χ4v) is 3.08. The Morgan fingerprint density at radius 2 is 1.84 bits per heavy atom. The third-order valence-corrected chi connectivity index (χ3v) is 4.14. The highest BCUT2D eigenvalue weighted by Crippen LogP contribution is 2.43. The molecular formula is C15H11BrF2O. The van der Waals surface area contributed by atoms with Gasteiger partial charge in [0.25, 0.3) is 0 Å². The van der Waals surface area contributed by atoms with Crippen molar-refractivity contribution in [3.63, 3.8) is 0 Å². The molecule has 0 saturated heterocycles. The second-order valence-electron chi connectivity index (χ2n) is 4.79. The van der Waals surface area contributed by atoms with Crippen LogP contribution in [-0.4, -0.2) is 5.11 Å². The fraction of sp³-hybridized carbons (Fsp3) is 0.200. The second-order valence-corrected chi connectivity index (χ2v) is 5.70. The van der Waals surface area contributed by atoms with E-state index in [1.54, 1.807) is 12.1 Å². The number of aliphatic hydroxyl groups is 1. The molecule has 1 atom stereocenters. The van der Waals surface area contributed by atoms with Crippen LogP contribution in [0.1, 0.15) is 23.1 Å². The monoisotopic (exact) mass is 324 g/mol. The maximum atomic E-state index is 14.0. The van der Waals surface area contributed by atoms with Crippen molar-refractivity contribution in [1.82, 2.24) is 0 Å². The zero-order valence-corrected chi connectivity index (χ0v) is 11.5. The van der Waals surface area contributed by atoms with Crippen LogP contribution in [0.5, 0.6) is 0 Å². The lowest BCUT2D eigenvalue weighted by atomic mass is 9.87. The van der Waals surface area contributed by atoms with Crippen LogP contribution in [0, 0.1) is 11.6 Å². The summed E-state index contributed by atoms with van der Waals surface area (Å²) in [5, 5.41) is 10.8. The Morgan fingerprint density at radius 1 is 1.05 bits per heavy atom. The maximum absolute atomic E-state index is 14.0. The largest absolute Gasteiger partial charge is 0.380 e. The van der Waals surface area contributed by atoms with Crippen LogP contribution in [0.25, 0.3) is 0 Å². The van der Waals surface area contributed by atoms with Gasteiger partial charge in [-0.15, -0.1) is 0 Å². The summed E-state index contributed by atoms with van der Waals surface area (Å²) in [6.07, 6.45) is 0.898. The van der Waals surface area contributed by atoms with Gasteiger partial charge in [-0.3, -0.25) is 0 Å². The van der Waals surface area contributed by atoms with Gasteiger partial charge >= 0.3 is 0 Å². The van der Waals surface area contributed by atoms with Crippen molar-refractivity contribution in [2.45, 2.75) is 18.4 Å². The molecule has 4 heteroatoms. The Morgan fingerprint density at radius 3 is 2.63 bits per heavy atom. The van der Waals surface area contributed by atoms with Gasteiger partial charge in [-0.05, 0) is 54.3 Å². The van der Waals surface area contributed by atoms with Crippen LogP contribution in [0.3, 0.4) is 0 Å². The molecule has 98 valence electrons. The van der Waals surface area contributed by atoms with Gasteiger partial charge in [0.1, 0.15) is 17.2 Å². The van der Waals surface area contributed by atoms with Gasteiger partial charge in [-0.2, -0.15) is 0 Å². The van der Waals surface area contributed by atoms with E-state index in [1.165, 1.54) is 24.3 Å². The first kappa shape index (κ1) is 12.8. The maximum Gasteiger partial charge on any atom is 0.129 e. The van der Waals surface area contributed by atoms with E-state index in [2.05, 4.69) is 15.9 Å². The van der Waals surface area contributed by atoms with Crippen LogP contribution < -0.4 is 0 Å². The molecule has 0 radical (unpaired) electrons. The summed E-state index contributed by atoms with van der Waals surface area (Å²) in [5.74, 6) is -0.791. The predicted octanol–water partition coefficient (Wildman–Crippen LogP) is 3.91. The minimum atomic E-state index is -1.38. The lowest BCUT2D eigenvalue weighted by Crippen LogP contribution is -2.25. The first-order valence-corrected chi connectivity index (χ1v) is 6.77. The Balaban J connectivity index is 2.19. The normalized spacial score (nSPS) is 21.5. The molecule has 0 saturated carbocycles. The standard InChI is InChI=1S/C15H11BrF2O/c16-10-1-4-14(18)13(8-10)15(19)6-5-9-7-11(17)2-3-12(9)15/h1-4,7-8,19H,5-6H2.